The van der Waals surface area contributed by atoms with E-state index in [4.69, 9.17) is 13.9 Å². The van der Waals surface area contributed by atoms with Crippen LogP contribution in [0.2, 0.25) is 0 Å². The van der Waals surface area contributed by atoms with Crippen molar-refractivity contribution in [1.29, 1.82) is 0 Å². The minimum Gasteiger partial charge on any atom is -0.504 e. The van der Waals surface area contributed by atoms with Gasteiger partial charge in [0.05, 0.1) is 30.7 Å². The highest BCUT2D eigenvalue weighted by atomic mass is 16.5. The number of aryl methyl sites for hydroxylation is 2. The minimum absolute atomic E-state index is 0.0221. The smallest absolute Gasteiger partial charge is 0.290 e. The summed E-state index contributed by atoms with van der Waals surface area (Å²) in [5.74, 6) is -0.0777. The molecule has 0 unspecified atom stereocenters. The second kappa shape index (κ2) is 7.50. The standard InChI is InChI=1S/C23H23NO6/c1-12-9-13(2)18-17(10-12)30-22-19(21(18)26)20(24(23(22)27)7-8-28-3)14-5-6-15(25)16(11-14)29-4/h5-6,9-11,20,25H,7-8H2,1-4H3/t20-/m0/s1. The maximum atomic E-state index is 13.6. The van der Waals surface area contributed by atoms with Crippen LogP contribution in [0.1, 0.15) is 38.9 Å². The van der Waals surface area contributed by atoms with Crippen molar-refractivity contribution in [1.82, 2.24) is 4.90 Å². The van der Waals surface area contributed by atoms with E-state index in [1.54, 1.807) is 30.2 Å². The number of ether oxygens (including phenoxy) is 2. The van der Waals surface area contributed by atoms with Gasteiger partial charge in [0.2, 0.25) is 5.76 Å². The van der Waals surface area contributed by atoms with E-state index in [0.29, 0.717) is 28.7 Å². The summed E-state index contributed by atoms with van der Waals surface area (Å²) >= 11 is 0. The molecule has 156 valence electrons. The largest absolute Gasteiger partial charge is 0.504 e. The van der Waals surface area contributed by atoms with Gasteiger partial charge in [-0.3, -0.25) is 9.59 Å². The van der Waals surface area contributed by atoms with Gasteiger partial charge in [0.1, 0.15) is 5.58 Å². The summed E-state index contributed by atoms with van der Waals surface area (Å²) in [4.78, 5) is 28.4. The van der Waals surface area contributed by atoms with Crippen molar-refractivity contribution in [2.45, 2.75) is 19.9 Å². The summed E-state index contributed by atoms with van der Waals surface area (Å²) < 4.78 is 16.4. The Balaban J connectivity index is 2.00. The van der Waals surface area contributed by atoms with Gasteiger partial charge in [-0.05, 0) is 48.7 Å². The number of phenols is 1. The Bertz CT molecular complexity index is 1210. The van der Waals surface area contributed by atoms with E-state index in [1.165, 1.54) is 13.2 Å². The van der Waals surface area contributed by atoms with E-state index in [0.717, 1.165) is 11.1 Å². The second-order valence-electron chi connectivity index (χ2n) is 7.45. The van der Waals surface area contributed by atoms with E-state index in [-0.39, 0.29) is 35.1 Å². The molecule has 0 spiro atoms. The van der Waals surface area contributed by atoms with Crippen LogP contribution in [-0.2, 0) is 4.74 Å². The zero-order valence-corrected chi connectivity index (χ0v) is 17.3. The first kappa shape index (κ1) is 20.0. The number of carbonyl (C=O) groups excluding carboxylic acids is 1. The highest BCUT2D eigenvalue weighted by Crippen LogP contribution is 2.40. The van der Waals surface area contributed by atoms with E-state index in [1.807, 2.05) is 19.9 Å². The van der Waals surface area contributed by atoms with Gasteiger partial charge >= 0.3 is 0 Å². The highest BCUT2D eigenvalue weighted by Gasteiger charge is 2.42. The Hall–Kier alpha value is -3.32. The van der Waals surface area contributed by atoms with Gasteiger partial charge in [-0.1, -0.05) is 12.1 Å². The number of methoxy groups -OCH3 is 2. The lowest BCUT2D eigenvalue weighted by molar-refractivity contribution is 0.0663. The fraction of sp³-hybridized carbons (Fsp3) is 0.304. The number of benzene rings is 2. The number of nitrogens with zero attached hydrogens (tertiary/aromatic N) is 1. The molecule has 7 nitrogen and oxygen atoms in total. The zero-order valence-electron chi connectivity index (χ0n) is 17.3. The van der Waals surface area contributed by atoms with Crippen LogP contribution in [0.4, 0.5) is 0 Å². The van der Waals surface area contributed by atoms with Gasteiger partial charge in [0, 0.05) is 13.7 Å². The van der Waals surface area contributed by atoms with Gasteiger partial charge in [0.15, 0.2) is 16.9 Å². The average Bonchev–Trinajstić information content (AvgIpc) is 2.98. The molecule has 0 bridgehead atoms. The number of fused-ring (bicyclic) bond motifs is 2. The lowest BCUT2D eigenvalue weighted by Gasteiger charge is -2.25. The first-order valence-electron chi connectivity index (χ1n) is 9.62. The van der Waals surface area contributed by atoms with Crippen molar-refractivity contribution < 1.29 is 23.8 Å². The molecule has 2 aromatic carbocycles. The molecule has 1 aromatic heterocycles. The van der Waals surface area contributed by atoms with E-state index in [2.05, 4.69) is 0 Å². The molecule has 1 amide bonds. The Morgan fingerprint density at radius 1 is 1.13 bits per heavy atom. The van der Waals surface area contributed by atoms with Gasteiger partial charge in [0.25, 0.3) is 5.91 Å². The summed E-state index contributed by atoms with van der Waals surface area (Å²) in [6.07, 6.45) is 0. The number of rotatable bonds is 5. The molecule has 0 aliphatic carbocycles. The summed E-state index contributed by atoms with van der Waals surface area (Å²) in [5, 5.41) is 10.5. The molecule has 1 atom stereocenters. The van der Waals surface area contributed by atoms with Crippen molar-refractivity contribution in [3.63, 3.8) is 0 Å². The van der Waals surface area contributed by atoms with Crippen molar-refractivity contribution in [2.24, 2.45) is 0 Å². The van der Waals surface area contributed by atoms with Crippen LogP contribution >= 0.6 is 0 Å². The van der Waals surface area contributed by atoms with Gasteiger partial charge in [-0.25, -0.2) is 0 Å². The summed E-state index contributed by atoms with van der Waals surface area (Å²) in [7, 11) is 3.00. The Morgan fingerprint density at radius 3 is 2.60 bits per heavy atom. The second-order valence-corrected chi connectivity index (χ2v) is 7.45. The van der Waals surface area contributed by atoms with Crippen LogP contribution in [-0.4, -0.2) is 43.3 Å². The summed E-state index contributed by atoms with van der Waals surface area (Å²) in [6.45, 7) is 4.35. The molecule has 30 heavy (non-hydrogen) atoms. The molecule has 7 heteroatoms. The molecule has 3 aromatic rings. The van der Waals surface area contributed by atoms with Crippen LogP contribution in [0.15, 0.2) is 39.5 Å². The molecular weight excluding hydrogens is 386 g/mol. The number of hydrogen-bond donors (Lipinski definition) is 1. The maximum Gasteiger partial charge on any atom is 0.290 e. The van der Waals surface area contributed by atoms with Crippen molar-refractivity contribution in [2.75, 3.05) is 27.4 Å². The number of aromatic hydroxyl groups is 1. The molecule has 4 rings (SSSR count). The molecule has 1 N–H and O–H groups in total. The summed E-state index contributed by atoms with van der Waals surface area (Å²) in [6, 6.07) is 7.82. The summed E-state index contributed by atoms with van der Waals surface area (Å²) in [5.41, 5.74) is 2.86. The lowest BCUT2D eigenvalue weighted by atomic mass is 9.96. The molecule has 1 aliphatic rings. The third kappa shape index (κ3) is 3.02. The molecule has 2 heterocycles. The minimum atomic E-state index is -0.668. The fourth-order valence-electron chi connectivity index (χ4n) is 4.14. The Labute approximate surface area is 173 Å². The predicted octanol–water partition coefficient (Wildman–Crippen LogP) is 3.32. The fourth-order valence-corrected chi connectivity index (χ4v) is 4.14. The van der Waals surface area contributed by atoms with Crippen LogP contribution in [0.5, 0.6) is 11.5 Å². The topological polar surface area (TPSA) is 89.2 Å². The molecular formula is C23H23NO6. The zero-order chi connectivity index (χ0) is 21.6. The molecule has 0 saturated carbocycles. The van der Waals surface area contributed by atoms with Crippen molar-refractivity contribution >= 4 is 16.9 Å². The normalized spacial score (nSPS) is 15.7. The third-order valence-electron chi connectivity index (χ3n) is 5.47. The third-order valence-corrected chi connectivity index (χ3v) is 5.47. The number of carbonyl (C=O) groups is 1. The van der Waals surface area contributed by atoms with Gasteiger partial charge in [-0.2, -0.15) is 0 Å². The molecule has 1 aliphatic heterocycles. The van der Waals surface area contributed by atoms with Crippen molar-refractivity contribution in [3.8, 4) is 11.5 Å². The molecule has 0 radical (unpaired) electrons. The average molecular weight is 409 g/mol. The van der Waals surface area contributed by atoms with Crippen LogP contribution in [0.25, 0.3) is 11.0 Å². The van der Waals surface area contributed by atoms with Crippen LogP contribution in [0, 0.1) is 13.8 Å². The molecule has 0 fully saturated rings. The number of phenolic OH excluding ortho intramolecular Hbond substituents is 1. The lowest BCUT2D eigenvalue weighted by Crippen LogP contribution is -2.32. The first-order valence-corrected chi connectivity index (χ1v) is 9.62. The highest BCUT2D eigenvalue weighted by molar-refractivity contribution is 5.99. The van der Waals surface area contributed by atoms with E-state index < -0.39 is 6.04 Å². The quantitative estimate of drug-likeness (QED) is 0.695. The maximum absolute atomic E-state index is 13.6. The van der Waals surface area contributed by atoms with E-state index in [9.17, 15) is 14.7 Å². The van der Waals surface area contributed by atoms with Crippen LogP contribution in [0.3, 0.4) is 0 Å². The van der Waals surface area contributed by atoms with Gasteiger partial charge in [-0.15, -0.1) is 0 Å². The SMILES string of the molecule is COCCN1C(=O)c2oc3cc(C)cc(C)c3c(=O)c2[C@@H]1c1ccc(O)c(OC)c1. The molecule has 0 saturated heterocycles. The Morgan fingerprint density at radius 2 is 1.90 bits per heavy atom. The number of hydrogen-bond acceptors (Lipinski definition) is 6. The van der Waals surface area contributed by atoms with E-state index >= 15 is 0 Å². The first-order chi connectivity index (χ1) is 14.4. The monoisotopic (exact) mass is 409 g/mol. The predicted molar refractivity (Wildman–Crippen MR) is 111 cm³/mol. The van der Waals surface area contributed by atoms with Crippen molar-refractivity contribution in [3.05, 3.63) is 68.6 Å². The van der Waals surface area contributed by atoms with Crippen LogP contribution < -0.4 is 10.2 Å². The Kier molecular flexibility index (Phi) is 4.99. The van der Waals surface area contributed by atoms with Gasteiger partial charge < -0.3 is 23.9 Å². The number of amides is 1.